The van der Waals surface area contributed by atoms with Crippen LogP contribution in [0.4, 0.5) is 5.69 Å². The van der Waals surface area contributed by atoms with Gasteiger partial charge in [0, 0.05) is 25.3 Å². The first-order valence-electron chi connectivity index (χ1n) is 9.78. The first-order chi connectivity index (χ1) is 14.5. The highest BCUT2D eigenvalue weighted by molar-refractivity contribution is 8.15. The lowest BCUT2D eigenvalue weighted by Crippen LogP contribution is -2.39. The van der Waals surface area contributed by atoms with Crippen molar-refractivity contribution in [1.29, 1.82) is 0 Å². The van der Waals surface area contributed by atoms with Gasteiger partial charge in [-0.2, -0.15) is 0 Å². The van der Waals surface area contributed by atoms with Gasteiger partial charge >= 0.3 is 5.97 Å². The lowest BCUT2D eigenvalue weighted by molar-refractivity contribution is -0.139. The zero-order valence-corrected chi connectivity index (χ0v) is 18.0. The van der Waals surface area contributed by atoms with Crippen molar-refractivity contribution >= 4 is 40.2 Å². The molecular weight excluding hydrogens is 398 g/mol. The van der Waals surface area contributed by atoms with Crippen molar-refractivity contribution in [2.24, 2.45) is 4.99 Å². The number of ether oxygens (including phenoxy) is 1. The van der Waals surface area contributed by atoms with Crippen LogP contribution in [-0.4, -0.2) is 48.4 Å². The minimum Gasteiger partial charge on any atom is -0.463 e. The Morgan fingerprint density at radius 3 is 2.50 bits per heavy atom. The van der Waals surface area contributed by atoms with Crippen LogP contribution in [-0.2, 0) is 14.3 Å². The summed E-state index contributed by atoms with van der Waals surface area (Å²) in [4.78, 5) is 34.3. The molecular formula is C23H23N3O3S. The molecule has 0 spiro atoms. The number of esters is 1. The largest absolute Gasteiger partial charge is 0.463 e. The standard InChI is InChI=1S/C23H23N3O3S/c1-4-29-22(28)19-20(15-8-6-5-7-9-15)24-23-26(18(27)14-30-23)21(19)16-10-12-17(13-11-16)25(2)3/h5-13,21H,4,14H2,1-3H3/t21-/m1/s1. The van der Waals surface area contributed by atoms with Crippen LogP contribution in [0.3, 0.4) is 0 Å². The van der Waals surface area contributed by atoms with Crippen LogP contribution in [0.25, 0.3) is 5.70 Å². The number of hydrogen-bond donors (Lipinski definition) is 0. The number of benzene rings is 2. The molecule has 0 aliphatic carbocycles. The molecule has 0 N–H and O–H groups in total. The van der Waals surface area contributed by atoms with Gasteiger partial charge in [0.1, 0.15) is 0 Å². The summed E-state index contributed by atoms with van der Waals surface area (Å²) in [6, 6.07) is 16.9. The number of amidine groups is 1. The Kier molecular flexibility index (Phi) is 5.63. The second-order valence-electron chi connectivity index (χ2n) is 7.18. The highest BCUT2D eigenvalue weighted by Crippen LogP contribution is 2.44. The fourth-order valence-electron chi connectivity index (χ4n) is 3.63. The summed E-state index contributed by atoms with van der Waals surface area (Å²) in [6.07, 6.45) is 0. The van der Waals surface area contributed by atoms with Crippen LogP contribution in [0.15, 0.2) is 65.2 Å². The topological polar surface area (TPSA) is 62.2 Å². The molecule has 0 unspecified atom stereocenters. The van der Waals surface area contributed by atoms with Gasteiger partial charge in [-0.25, -0.2) is 9.79 Å². The van der Waals surface area contributed by atoms with Crippen LogP contribution < -0.4 is 4.90 Å². The molecule has 1 saturated heterocycles. The van der Waals surface area contributed by atoms with E-state index in [1.807, 2.05) is 73.6 Å². The number of hydrogen-bond acceptors (Lipinski definition) is 6. The van der Waals surface area contributed by atoms with Crippen molar-refractivity contribution in [1.82, 2.24) is 4.90 Å². The summed E-state index contributed by atoms with van der Waals surface area (Å²) in [5.41, 5.74) is 3.66. The SMILES string of the molecule is CCOC(=O)C1=C(c2ccccc2)N=C2SCC(=O)N2[C@@H]1c1ccc(N(C)C)cc1. The molecule has 0 saturated carbocycles. The number of carbonyl (C=O) groups excluding carboxylic acids is 2. The van der Waals surface area contributed by atoms with Crippen molar-refractivity contribution in [2.75, 3.05) is 31.4 Å². The summed E-state index contributed by atoms with van der Waals surface area (Å²) in [7, 11) is 3.94. The molecule has 6 nitrogen and oxygen atoms in total. The van der Waals surface area contributed by atoms with Gasteiger partial charge in [-0.05, 0) is 24.6 Å². The number of aliphatic imine (C=N–C) groups is 1. The first-order valence-corrected chi connectivity index (χ1v) is 10.8. The van der Waals surface area contributed by atoms with Gasteiger partial charge in [0.2, 0.25) is 5.91 Å². The predicted molar refractivity (Wildman–Crippen MR) is 120 cm³/mol. The Bertz CT molecular complexity index is 1030. The second kappa shape index (κ2) is 8.36. The Morgan fingerprint density at radius 1 is 1.17 bits per heavy atom. The molecule has 2 heterocycles. The van der Waals surface area contributed by atoms with Gasteiger partial charge in [0.25, 0.3) is 0 Å². The third-order valence-corrected chi connectivity index (χ3v) is 6.00. The number of anilines is 1. The Hall–Kier alpha value is -3.06. The monoisotopic (exact) mass is 421 g/mol. The van der Waals surface area contributed by atoms with Gasteiger partial charge in [-0.1, -0.05) is 54.2 Å². The highest BCUT2D eigenvalue weighted by Gasteiger charge is 2.44. The smallest absolute Gasteiger partial charge is 0.338 e. The minimum atomic E-state index is -0.578. The van der Waals surface area contributed by atoms with Crippen LogP contribution in [0.1, 0.15) is 24.1 Å². The molecule has 7 heteroatoms. The van der Waals surface area contributed by atoms with Crippen molar-refractivity contribution in [2.45, 2.75) is 13.0 Å². The van der Waals surface area contributed by atoms with Crippen molar-refractivity contribution in [3.8, 4) is 0 Å². The number of nitrogens with zero attached hydrogens (tertiary/aromatic N) is 3. The fourth-order valence-corrected chi connectivity index (χ4v) is 4.52. The van der Waals surface area contributed by atoms with E-state index < -0.39 is 12.0 Å². The zero-order chi connectivity index (χ0) is 21.3. The summed E-state index contributed by atoms with van der Waals surface area (Å²) in [5, 5.41) is 0.619. The van der Waals surface area contributed by atoms with E-state index in [2.05, 4.69) is 0 Å². The third kappa shape index (κ3) is 3.61. The summed E-state index contributed by atoms with van der Waals surface area (Å²) in [5.74, 6) is -0.205. The number of thioether (sulfide) groups is 1. The van der Waals surface area contributed by atoms with Gasteiger partial charge < -0.3 is 9.64 Å². The van der Waals surface area contributed by atoms with Gasteiger partial charge in [0.15, 0.2) is 5.17 Å². The van der Waals surface area contributed by atoms with Crippen LogP contribution in [0.5, 0.6) is 0 Å². The third-order valence-electron chi connectivity index (χ3n) is 5.06. The molecule has 0 aromatic heterocycles. The van der Waals surface area contributed by atoms with E-state index in [-0.39, 0.29) is 12.5 Å². The van der Waals surface area contributed by atoms with E-state index in [1.165, 1.54) is 11.8 Å². The van der Waals surface area contributed by atoms with E-state index in [0.29, 0.717) is 22.2 Å². The zero-order valence-electron chi connectivity index (χ0n) is 17.2. The predicted octanol–water partition coefficient (Wildman–Crippen LogP) is 3.71. The lowest BCUT2D eigenvalue weighted by Gasteiger charge is -2.33. The molecule has 2 aliphatic rings. The fraction of sp³-hybridized carbons (Fsp3) is 0.261. The normalized spacial score (nSPS) is 18.2. The molecule has 1 amide bonds. The summed E-state index contributed by atoms with van der Waals surface area (Å²) in [6.45, 7) is 2.02. The Labute approximate surface area is 180 Å². The Balaban J connectivity index is 1.93. The molecule has 1 atom stereocenters. The van der Waals surface area contributed by atoms with Crippen LogP contribution >= 0.6 is 11.8 Å². The number of carbonyl (C=O) groups is 2. The second-order valence-corrected chi connectivity index (χ2v) is 8.13. The summed E-state index contributed by atoms with van der Waals surface area (Å²) >= 11 is 1.40. The van der Waals surface area contributed by atoms with E-state index >= 15 is 0 Å². The molecule has 0 radical (unpaired) electrons. The molecule has 2 aromatic carbocycles. The van der Waals surface area contributed by atoms with Crippen LogP contribution in [0.2, 0.25) is 0 Å². The van der Waals surface area contributed by atoms with Gasteiger partial charge in [0.05, 0.1) is 29.7 Å². The van der Waals surface area contributed by atoms with E-state index in [4.69, 9.17) is 9.73 Å². The maximum absolute atomic E-state index is 13.1. The molecule has 4 rings (SSSR count). The minimum absolute atomic E-state index is 0.0608. The maximum Gasteiger partial charge on any atom is 0.338 e. The van der Waals surface area contributed by atoms with Gasteiger partial charge in [-0.15, -0.1) is 0 Å². The maximum atomic E-state index is 13.1. The first kappa shape index (κ1) is 20.2. The number of fused-ring (bicyclic) bond motifs is 1. The van der Waals surface area contributed by atoms with Crippen molar-refractivity contribution in [3.63, 3.8) is 0 Å². The number of rotatable bonds is 5. The molecule has 30 heavy (non-hydrogen) atoms. The van der Waals surface area contributed by atoms with Crippen molar-refractivity contribution in [3.05, 3.63) is 71.3 Å². The quantitative estimate of drug-likeness (QED) is 0.689. The summed E-state index contributed by atoms with van der Waals surface area (Å²) < 4.78 is 5.41. The van der Waals surface area contributed by atoms with E-state index in [0.717, 1.165) is 16.8 Å². The van der Waals surface area contributed by atoms with Gasteiger partial charge in [-0.3, -0.25) is 9.69 Å². The molecule has 2 aromatic rings. The molecule has 154 valence electrons. The Morgan fingerprint density at radius 2 is 1.87 bits per heavy atom. The molecule has 1 fully saturated rings. The van der Waals surface area contributed by atoms with E-state index in [1.54, 1.807) is 11.8 Å². The highest BCUT2D eigenvalue weighted by atomic mass is 32.2. The van der Waals surface area contributed by atoms with Crippen LogP contribution in [0, 0.1) is 0 Å². The average molecular weight is 422 g/mol. The number of amides is 1. The van der Waals surface area contributed by atoms with E-state index in [9.17, 15) is 9.59 Å². The van der Waals surface area contributed by atoms with Crippen molar-refractivity contribution < 1.29 is 14.3 Å². The molecule has 0 bridgehead atoms. The average Bonchev–Trinajstić information content (AvgIpc) is 3.14. The molecule has 2 aliphatic heterocycles. The lowest BCUT2D eigenvalue weighted by atomic mass is 9.92.